The Bertz CT molecular complexity index is 1390. The molecule has 0 aliphatic heterocycles. The third-order valence-corrected chi connectivity index (χ3v) is 5.40. The Morgan fingerprint density at radius 2 is 1.78 bits per heavy atom. The van der Waals surface area contributed by atoms with Gasteiger partial charge in [0.15, 0.2) is 5.76 Å². The van der Waals surface area contributed by atoms with Gasteiger partial charge in [0.1, 0.15) is 24.4 Å². The van der Waals surface area contributed by atoms with E-state index in [0.29, 0.717) is 23.8 Å². The van der Waals surface area contributed by atoms with E-state index in [0.717, 1.165) is 27.9 Å². The predicted molar refractivity (Wildman–Crippen MR) is 123 cm³/mol. The first-order valence-electron chi connectivity index (χ1n) is 10.2. The summed E-state index contributed by atoms with van der Waals surface area (Å²) in [7, 11) is 0. The number of fused-ring (bicyclic) bond motifs is 1. The highest BCUT2D eigenvalue weighted by molar-refractivity contribution is 6.30. The molecule has 32 heavy (non-hydrogen) atoms. The fourth-order valence-electron chi connectivity index (χ4n) is 3.58. The summed E-state index contributed by atoms with van der Waals surface area (Å²) < 4.78 is 13.4. The van der Waals surface area contributed by atoms with Crippen LogP contribution in [0.5, 0.6) is 5.75 Å². The lowest BCUT2D eigenvalue weighted by molar-refractivity contribution is 0.0935. The molecule has 0 radical (unpaired) electrons. The van der Waals surface area contributed by atoms with Gasteiger partial charge in [0.2, 0.25) is 0 Å². The molecule has 0 saturated carbocycles. The van der Waals surface area contributed by atoms with Crippen LogP contribution in [0.2, 0.25) is 5.02 Å². The van der Waals surface area contributed by atoms with Crippen molar-refractivity contribution in [1.29, 1.82) is 0 Å². The van der Waals surface area contributed by atoms with Crippen molar-refractivity contribution in [2.45, 2.75) is 13.0 Å². The zero-order valence-corrected chi connectivity index (χ0v) is 17.8. The molecule has 0 N–H and O–H groups in total. The van der Waals surface area contributed by atoms with Crippen LogP contribution in [0.4, 0.5) is 0 Å². The standard InChI is InChI=1S/C26H19ClN2O3/c27-20-10-12-24(31-16-18-6-2-1-3-7-18)19(14-20)15-21-11-13-25(32-21)26(30)29-17-28-22-8-4-5-9-23(22)29/h1-14,17H,15-16H2. The van der Waals surface area contributed by atoms with Crippen molar-refractivity contribution < 1.29 is 13.9 Å². The van der Waals surface area contributed by atoms with Crippen LogP contribution in [0.3, 0.4) is 0 Å². The van der Waals surface area contributed by atoms with E-state index in [-0.39, 0.29) is 11.7 Å². The van der Waals surface area contributed by atoms with Crippen LogP contribution in [-0.4, -0.2) is 15.5 Å². The Morgan fingerprint density at radius 1 is 0.969 bits per heavy atom. The number of halogens is 1. The van der Waals surface area contributed by atoms with E-state index in [4.69, 9.17) is 20.8 Å². The number of benzene rings is 3. The van der Waals surface area contributed by atoms with Crippen LogP contribution in [0, 0.1) is 0 Å². The van der Waals surface area contributed by atoms with E-state index in [2.05, 4.69) is 4.98 Å². The van der Waals surface area contributed by atoms with Crippen LogP contribution >= 0.6 is 11.6 Å². The van der Waals surface area contributed by atoms with Gasteiger partial charge in [0.05, 0.1) is 11.0 Å². The molecule has 5 rings (SSSR count). The Hall–Kier alpha value is -3.83. The fourth-order valence-corrected chi connectivity index (χ4v) is 3.77. The summed E-state index contributed by atoms with van der Waals surface area (Å²) in [6.45, 7) is 0.449. The topological polar surface area (TPSA) is 57.3 Å². The minimum absolute atomic E-state index is 0.247. The number of nitrogens with zero attached hydrogens (tertiary/aromatic N) is 2. The molecular weight excluding hydrogens is 424 g/mol. The minimum Gasteiger partial charge on any atom is -0.489 e. The molecule has 158 valence electrons. The number of furan rings is 1. The van der Waals surface area contributed by atoms with Gasteiger partial charge < -0.3 is 9.15 Å². The first-order valence-corrected chi connectivity index (χ1v) is 10.6. The molecule has 0 atom stereocenters. The van der Waals surface area contributed by atoms with Gasteiger partial charge in [-0.15, -0.1) is 0 Å². The van der Waals surface area contributed by atoms with Crippen molar-refractivity contribution in [3.05, 3.63) is 119 Å². The molecule has 0 spiro atoms. The molecule has 0 saturated heterocycles. The van der Waals surface area contributed by atoms with Gasteiger partial charge in [-0.25, -0.2) is 4.98 Å². The van der Waals surface area contributed by atoms with Crippen LogP contribution in [0.1, 0.15) is 27.4 Å². The Labute approximate surface area is 189 Å². The number of hydrogen-bond acceptors (Lipinski definition) is 4. The van der Waals surface area contributed by atoms with Gasteiger partial charge >= 0.3 is 0 Å². The van der Waals surface area contributed by atoms with Gasteiger partial charge in [-0.2, -0.15) is 0 Å². The van der Waals surface area contributed by atoms with Crippen molar-refractivity contribution >= 4 is 28.5 Å². The van der Waals surface area contributed by atoms with E-state index >= 15 is 0 Å². The number of carbonyl (C=O) groups is 1. The zero-order valence-electron chi connectivity index (χ0n) is 17.1. The number of hydrogen-bond donors (Lipinski definition) is 0. The van der Waals surface area contributed by atoms with Gasteiger partial charge in [-0.1, -0.05) is 54.1 Å². The summed E-state index contributed by atoms with van der Waals surface area (Å²) in [5.41, 5.74) is 3.45. The number of imidazole rings is 1. The zero-order chi connectivity index (χ0) is 21.9. The molecular formula is C26H19ClN2O3. The molecule has 0 fully saturated rings. The second kappa shape index (κ2) is 8.73. The van der Waals surface area contributed by atoms with Crippen LogP contribution in [-0.2, 0) is 13.0 Å². The smallest absolute Gasteiger partial charge is 0.299 e. The molecule has 0 aliphatic rings. The van der Waals surface area contributed by atoms with E-state index in [9.17, 15) is 4.79 Å². The summed E-state index contributed by atoms with van der Waals surface area (Å²) in [5.74, 6) is 1.35. The lowest BCUT2D eigenvalue weighted by Gasteiger charge is -2.11. The molecule has 5 nitrogen and oxygen atoms in total. The second-order valence-corrected chi connectivity index (χ2v) is 7.81. The van der Waals surface area contributed by atoms with Gasteiger partial charge in [0.25, 0.3) is 5.91 Å². The van der Waals surface area contributed by atoms with Crippen LogP contribution in [0.25, 0.3) is 11.0 Å². The maximum atomic E-state index is 13.0. The third kappa shape index (κ3) is 4.15. The largest absolute Gasteiger partial charge is 0.489 e. The van der Waals surface area contributed by atoms with Crippen molar-refractivity contribution in [3.63, 3.8) is 0 Å². The predicted octanol–water partition coefficient (Wildman–Crippen LogP) is 6.14. The molecule has 2 aromatic heterocycles. The molecule has 0 aliphatic carbocycles. The van der Waals surface area contributed by atoms with Crippen LogP contribution < -0.4 is 4.74 Å². The number of rotatable bonds is 6. The van der Waals surface area contributed by atoms with Gasteiger partial charge in [0, 0.05) is 17.0 Å². The van der Waals surface area contributed by atoms with Crippen molar-refractivity contribution in [2.24, 2.45) is 0 Å². The Morgan fingerprint density at radius 3 is 2.66 bits per heavy atom. The summed E-state index contributed by atoms with van der Waals surface area (Å²) in [6, 6.07) is 26.4. The maximum Gasteiger partial charge on any atom is 0.299 e. The van der Waals surface area contributed by atoms with E-state index in [1.54, 1.807) is 18.2 Å². The third-order valence-electron chi connectivity index (χ3n) is 5.17. The average Bonchev–Trinajstić information content (AvgIpc) is 3.46. The Kier molecular flexibility index (Phi) is 5.48. The molecule has 0 unspecified atom stereocenters. The molecule has 5 aromatic rings. The normalized spacial score (nSPS) is 11.0. The van der Waals surface area contributed by atoms with E-state index in [1.165, 1.54) is 10.9 Å². The average molecular weight is 443 g/mol. The first-order chi connectivity index (χ1) is 15.7. The quantitative estimate of drug-likeness (QED) is 0.317. The highest BCUT2D eigenvalue weighted by Crippen LogP contribution is 2.27. The van der Waals surface area contributed by atoms with Gasteiger partial charge in [-0.3, -0.25) is 9.36 Å². The fraction of sp³-hybridized carbons (Fsp3) is 0.0769. The number of carbonyl (C=O) groups excluding carboxylic acids is 1. The lowest BCUT2D eigenvalue weighted by Crippen LogP contribution is -2.09. The maximum absolute atomic E-state index is 13.0. The molecule has 2 heterocycles. The number of aromatic nitrogens is 2. The summed E-state index contributed by atoms with van der Waals surface area (Å²) in [6.07, 6.45) is 1.96. The highest BCUT2D eigenvalue weighted by Gasteiger charge is 2.17. The van der Waals surface area contributed by atoms with Crippen molar-refractivity contribution in [1.82, 2.24) is 9.55 Å². The van der Waals surface area contributed by atoms with E-state index in [1.807, 2.05) is 66.7 Å². The minimum atomic E-state index is -0.267. The van der Waals surface area contributed by atoms with Gasteiger partial charge in [-0.05, 0) is 48.0 Å². The lowest BCUT2D eigenvalue weighted by atomic mass is 10.1. The highest BCUT2D eigenvalue weighted by atomic mass is 35.5. The molecule has 6 heteroatoms. The monoisotopic (exact) mass is 442 g/mol. The summed E-state index contributed by atoms with van der Waals surface area (Å²) in [5, 5.41) is 0.611. The number of para-hydroxylation sites is 2. The number of ether oxygens (including phenoxy) is 1. The Balaban J connectivity index is 1.36. The second-order valence-electron chi connectivity index (χ2n) is 7.38. The summed E-state index contributed by atoms with van der Waals surface area (Å²) >= 11 is 6.23. The first kappa shape index (κ1) is 20.1. The van der Waals surface area contributed by atoms with E-state index < -0.39 is 0 Å². The molecule has 0 bridgehead atoms. The SMILES string of the molecule is O=C(c1ccc(Cc2cc(Cl)ccc2OCc2ccccc2)o1)n1cnc2ccccc21. The van der Waals surface area contributed by atoms with Crippen molar-refractivity contribution in [2.75, 3.05) is 0 Å². The van der Waals surface area contributed by atoms with Crippen LogP contribution in [0.15, 0.2) is 95.7 Å². The van der Waals surface area contributed by atoms with Crippen molar-refractivity contribution in [3.8, 4) is 5.75 Å². The molecule has 0 amide bonds. The summed E-state index contributed by atoms with van der Waals surface area (Å²) in [4.78, 5) is 17.2. The molecule has 3 aromatic carbocycles.